The number of anilines is 1. The lowest BCUT2D eigenvalue weighted by molar-refractivity contribution is 0.0688. The summed E-state index contributed by atoms with van der Waals surface area (Å²) >= 11 is 0. The van der Waals surface area contributed by atoms with Gasteiger partial charge in [-0.15, -0.1) is 0 Å². The first-order chi connectivity index (χ1) is 8.75. The number of rotatable bonds is 8. The van der Waals surface area contributed by atoms with Crippen LogP contribution in [0.15, 0.2) is 18.3 Å². The molecule has 0 saturated heterocycles. The van der Waals surface area contributed by atoms with Crippen molar-refractivity contribution in [2.24, 2.45) is 0 Å². The van der Waals surface area contributed by atoms with Gasteiger partial charge in [-0.3, -0.25) is 4.79 Å². The molecule has 0 aromatic carbocycles. The number of methoxy groups -OCH3 is 1. The van der Waals surface area contributed by atoms with E-state index in [1.165, 1.54) is 0 Å². The molecule has 0 radical (unpaired) electrons. The smallest absolute Gasteiger partial charge is 0.255 e. The van der Waals surface area contributed by atoms with Gasteiger partial charge in [-0.05, 0) is 18.6 Å². The number of ether oxygens (including phenoxy) is 2. The Bertz CT molecular complexity index is 371. The van der Waals surface area contributed by atoms with E-state index in [2.05, 4.69) is 10.3 Å². The topological polar surface area (TPSA) is 86.5 Å². The van der Waals surface area contributed by atoms with Gasteiger partial charge < -0.3 is 20.5 Å². The SMILES string of the molecule is COCCOCCCNC(=O)c1cccnc1N. The Labute approximate surface area is 106 Å². The Hall–Kier alpha value is -1.66. The summed E-state index contributed by atoms with van der Waals surface area (Å²) in [5, 5.41) is 2.76. The highest BCUT2D eigenvalue weighted by atomic mass is 16.5. The fourth-order valence-electron chi connectivity index (χ4n) is 1.33. The summed E-state index contributed by atoms with van der Waals surface area (Å²) in [7, 11) is 1.63. The van der Waals surface area contributed by atoms with Crippen LogP contribution in [-0.2, 0) is 9.47 Å². The summed E-state index contributed by atoms with van der Waals surface area (Å²) in [5.74, 6) is 0.0313. The van der Waals surface area contributed by atoms with Gasteiger partial charge in [0.2, 0.25) is 0 Å². The number of nitrogen functional groups attached to an aromatic ring is 1. The first kappa shape index (κ1) is 14.4. The van der Waals surface area contributed by atoms with Crippen molar-refractivity contribution in [3.63, 3.8) is 0 Å². The molecule has 0 atom stereocenters. The molecule has 1 amide bonds. The molecule has 100 valence electrons. The van der Waals surface area contributed by atoms with Gasteiger partial charge in [0.1, 0.15) is 5.82 Å². The Morgan fingerprint density at radius 1 is 1.44 bits per heavy atom. The molecule has 0 fully saturated rings. The van der Waals surface area contributed by atoms with E-state index in [9.17, 15) is 4.79 Å². The minimum Gasteiger partial charge on any atom is -0.383 e. The summed E-state index contributed by atoms with van der Waals surface area (Å²) < 4.78 is 10.1. The van der Waals surface area contributed by atoms with Gasteiger partial charge in [-0.25, -0.2) is 4.98 Å². The van der Waals surface area contributed by atoms with Crippen LogP contribution in [0, 0.1) is 0 Å². The summed E-state index contributed by atoms with van der Waals surface area (Å²) in [6.07, 6.45) is 2.30. The van der Waals surface area contributed by atoms with Crippen LogP contribution >= 0.6 is 0 Å². The predicted octanol–water partition coefficient (Wildman–Crippen LogP) is 0.447. The molecule has 6 nitrogen and oxygen atoms in total. The van der Waals surface area contributed by atoms with E-state index >= 15 is 0 Å². The van der Waals surface area contributed by atoms with E-state index in [1.807, 2.05) is 0 Å². The van der Waals surface area contributed by atoms with Crippen LogP contribution in [0.5, 0.6) is 0 Å². The third-order valence-corrected chi connectivity index (χ3v) is 2.27. The third kappa shape index (κ3) is 5.11. The lowest BCUT2D eigenvalue weighted by Gasteiger charge is -2.07. The molecule has 18 heavy (non-hydrogen) atoms. The molecule has 3 N–H and O–H groups in total. The molecular weight excluding hydrogens is 234 g/mol. The molecule has 0 saturated carbocycles. The molecule has 0 spiro atoms. The van der Waals surface area contributed by atoms with E-state index in [-0.39, 0.29) is 11.7 Å². The maximum absolute atomic E-state index is 11.7. The Morgan fingerprint density at radius 2 is 2.28 bits per heavy atom. The van der Waals surface area contributed by atoms with Gasteiger partial charge in [0.25, 0.3) is 5.91 Å². The molecule has 1 heterocycles. The van der Waals surface area contributed by atoms with Crippen molar-refractivity contribution in [1.29, 1.82) is 0 Å². The lowest BCUT2D eigenvalue weighted by Crippen LogP contribution is -2.26. The quantitative estimate of drug-likeness (QED) is 0.657. The number of nitrogens with one attached hydrogen (secondary N) is 1. The van der Waals surface area contributed by atoms with Gasteiger partial charge in [0.15, 0.2) is 0 Å². The second kappa shape index (κ2) is 8.43. The molecule has 0 aliphatic rings. The van der Waals surface area contributed by atoms with Crippen molar-refractivity contribution in [2.75, 3.05) is 39.2 Å². The van der Waals surface area contributed by atoms with Gasteiger partial charge >= 0.3 is 0 Å². The van der Waals surface area contributed by atoms with Crippen molar-refractivity contribution >= 4 is 11.7 Å². The molecule has 0 aliphatic carbocycles. The standard InChI is InChI=1S/C12H19N3O3/c1-17-8-9-18-7-3-6-15-12(16)10-4-2-5-14-11(10)13/h2,4-5H,3,6-9H2,1H3,(H2,13,14)(H,15,16). The normalized spacial score (nSPS) is 10.3. The number of amides is 1. The van der Waals surface area contributed by atoms with Crippen molar-refractivity contribution < 1.29 is 14.3 Å². The number of hydrogen-bond donors (Lipinski definition) is 2. The zero-order chi connectivity index (χ0) is 13.2. The van der Waals surface area contributed by atoms with E-state index in [1.54, 1.807) is 25.4 Å². The highest BCUT2D eigenvalue weighted by molar-refractivity contribution is 5.98. The molecule has 0 unspecified atom stereocenters. The lowest BCUT2D eigenvalue weighted by atomic mass is 10.2. The summed E-state index contributed by atoms with van der Waals surface area (Å²) in [5.41, 5.74) is 6.00. The first-order valence-electron chi connectivity index (χ1n) is 5.81. The first-order valence-corrected chi connectivity index (χ1v) is 5.81. The molecule has 6 heteroatoms. The molecule has 0 aliphatic heterocycles. The molecular formula is C12H19N3O3. The van der Waals surface area contributed by atoms with Crippen LogP contribution in [0.25, 0.3) is 0 Å². The van der Waals surface area contributed by atoms with Crippen LogP contribution in [0.2, 0.25) is 0 Å². The summed E-state index contributed by atoms with van der Waals surface area (Å²) in [4.78, 5) is 15.6. The van der Waals surface area contributed by atoms with E-state index < -0.39 is 0 Å². The second-order valence-corrected chi connectivity index (χ2v) is 3.65. The van der Waals surface area contributed by atoms with Crippen molar-refractivity contribution in [3.8, 4) is 0 Å². The third-order valence-electron chi connectivity index (χ3n) is 2.27. The molecule has 0 bridgehead atoms. The number of aromatic nitrogens is 1. The van der Waals surface area contributed by atoms with Crippen molar-refractivity contribution in [1.82, 2.24) is 10.3 Å². The maximum Gasteiger partial charge on any atom is 0.255 e. The van der Waals surface area contributed by atoms with Gasteiger partial charge in [0, 0.05) is 26.5 Å². The minimum atomic E-state index is -0.211. The Kier molecular flexibility index (Phi) is 6.75. The van der Waals surface area contributed by atoms with Gasteiger partial charge in [-0.2, -0.15) is 0 Å². The van der Waals surface area contributed by atoms with Crippen LogP contribution in [0.1, 0.15) is 16.8 Å². The highest BCUT2D eigenvalue weighted by Crippen LogP contribution is 2.05. The van der Waals surface area contributed by atoms with Crippen LogP contribution in [0.3, 0.4) is 0 Å². The zero-order valence-electron chi connectivity index (χ0n) is 10.5. The maximum atomic E-state index is 11.7. The fraction of sp³-hybridized carbons (Fsp3) is 0.500. The predicted molar refractivity (Wildman–Crippen MR) is 68.3 cm³/mol. The zero-order valence-corrected chi connectivity index (χ0v) is 10.5. The van der Waals surface area contributed by atoms with Gasteiger partial charge in [-0.1, -0.05) is 0 Å². The van der Waals surface area contributed by atoms with Gasteiger partial charge in [0.05, 0.1) is 18.8 Å². The molecule has 1 rings (SSSR count). The van der Waals surface area contributed by atoms with E-state index in [0.717, 1.165) is 6.42 Å². The number of carbonyl (C=O) groups excluding carboxylic acids is 1. The van der Waals surface area contributed by atoms with Crippen molar-refractivity contribution in [2.45, 2.75) is 6.42 Å². The van der Waals surface area contributed by atoms with Crippen LogP contribution in [-0.4, -0.2) is 44.4 Å². The monoisotopic (exact) mass is 253 g/mol. The number of pyridine rings is 1. The highest BCUT2D eigenvalue weighted by Gasteiger charge is 2.08. The number of nitrogens with zero attached hydrogens (tertiary/aromatic N) is 1. The Balaban J connectivity index is 2.16. The van der Waals surface area contributed by atoms with E-state index in [0.29, 0.717) is 31.9 Å². The van der Waals surface area contributed by atoms with Crippen LogP contribution < -0.4 is 11.1 Å². The number of hydrogen-bond acceptors (Lipinski definition) is 5. The second-order valence-electron chi connectivity index (χ2n) is 3.65. The fourth-order valence-corrected chi connectivity index (χ4v) is 1.33. The largest absolute Gasteiger partial charge is 0.383 e. The summed E-state index contributed by atoms with van der Waals surface area (Å²) in [6, 6.07) is 3.33. The molecule has 1 aromatic rings. The number of nitrogens with two attached hydrogens (primary N) is 1. The Morgan fingerprint density at radius 3 is 3.00 bits per heavy atom. The minimum absolute atomic E-state index is 0.211. The van der Waals surface area contributed by atoms with Crippen molar-refractivity contribution in [3.05, 3.63) is 23.9 Å². The van der Waals surface area contributed by atoms with E-state index in [4.69, 9.17) is 15.2 Å². The van der Waals surface area contributed by atoms with Crippen LogP contribution in [0.4, 0.5) is 5.82 Å². The summed E-state index contributed by atoms with van der Waals surface area (Å²) in [6.45, 7) is 2.28. The number of carbonyl (C=O) groups is 1. The average molecular weight is 253 g/mol. The molecule has 1 aromatic heterocycles. The average Bonchev–Trinajstić information content (AvgIpc) is 2.38.